The Bertz CT molecular complexity index is 624. The number of aryl methyl sites for hydroxylation is 1. The van der Waals surface area contributed by atoms with Crippen LogP contribution < -0.4 is 10.3 Å². The molecule has 18 heavy (non-hydrogen) atoms. The molecule has 94 valence electrons. The smallest absolute Gasteiger partial charge is 0.194 e. The minimum atomic E-state index is 0.0526. The van der Waals surface area contributed by atoms with Crippen LogP contribution in [0.15, 0.2) is 33.7 Å². The highest BCUT2D eigenvalue weighted by atomic mass is 16.3. The van der Waals surface area contributed by atoms with Crippen molar-refractivity contribution in [2.24, 2.45) is 0 Å². The van der Waals surface area contributed by atoms with Crippen molar-refractivity contribution >= 4 is 16.7 Å². The summed E-state index contributed by atoms with van der Waals surface area (Å²) in [5.74, 6) is 0. The van der Waals surface area contributed by atoms with E-state index in [4.69, 9.17) is 4.42 Å². The second kappa shape index (κ2) is 4.48. The highest BCUT2D eigenvalue weighted by Crippen LogP contribution is 2.28. The summed E-state index contributed by atoms with van der Waals surface area (Å²) in [7, 11) is 0. The third-order valence-corrected chi connectivity index (χ3v) is 3.58. The predicted octanol–water partition coefficient (Wildman–Crippen LogP) is 3.09. The number of benzene rings is 1. The van der Waals surface area contributed by atoms with Crippen LogP contribution in [-0.2, 0) is 0 Å². The van der Waals surface area contributed by atoms with E-state index in [1.54, 1.807) is 0 Å². The Labute approximate surface area is 106 Å². The van der Waals surface area contributed by atoms with Crippen molar-refractivity contribution in [2.45, 2.75) is 26.2 Å². The van der Waals surface area contributed by atoms with Crippen LogP contribution in [0.3, 0.4) is 0 Å². The van der Waals surface area contributed by atoms with Gasteiger partial charge in [0.2, 0.25) is 0 Å². The van der Waals surface area contributed by atoms with Gasteiger partial charge in [-0.25, -0.2) is 0 Å². The van der Waals surface area contributed by atoms with Crippen molar-refractivity contribution in [1.29, 1.82) is 0 Å². The van der Waals surface area contributed by atoms with Crippen LogP contribution in [0.2, 0.25) is 0 Å². The SMILES string of the molecule is Cc1cc(N2CCCCC2)c2c(=O)ccoc2c1. The fraction of sp³-hybridized carbons (Fsp3) is 0.400. The summed E-state index contributed by atoms with van der Waals surface area (Å²) in [6, 6.07) is 5.54. The lowest BCUT2D eigenvalue weighted by Crippen LogP contribution is -2.30. The lowest BCUT2D eigenvalue weighted by atomic mass is 10.1. The van der Waals surface area contributed by atoms with E-state index in [0.29, 0.717) is 5.58 Å². The molecule has 1 saturated heterocycles. The lowest BCUT2D eigenvalue weighted by Gasteiger charge is -2.29. The lowest BCUT2D eigenvalue weighted by molar-refractivity contribution is 0.577. The molecule has 1 aromatic carbocycles. The summed E-state index contributed by atoms with van der Waals surface area (Å²) in [4.78, 5) is 14.4. The Morgan fingerprint density at radius 3 is 2.72 bits per heavy atom. The second-order valence-electron chi connectivity index (χ2n) is 4.99. The standard InChI is InChI=1S/C15H17NO2/c1-11-9-12(16-6-3-2-4-7-16)15-13(17)5-8-18-14(15)10-11/h5,8-10H,2-4,6-7H2,1H3. The van der Waals surface area contributed by atoms with Gasteiger partial charge in [0.1, 0.15) is 5.58 Å². The Balaban J connectivity index is 2.23. The maximum atomic E-state index is 12.1. The van der Waals surface area contributed by atoms with Gasteiger partial charge in [0.15, 0.2) is 5.43 Å². The fourth-order valence-electron chi connectivity index (χ4n) is 2.71. The van der Waals surface area contributed by atoms with Gasteiger partial charge in [-0.15, -0.1) is 0 Å². The molecule has 3 rings (SSSR count). The highest BCUT2D eigenvalue weighted by molar-refractivity contribution is 5.91. The maximum absolute atomic E-state index is 12.1. The number of fused-ring (bicyclic) bond motifs is 1. The van der Waals surface area contributed by atoms with E-state index in [9.17, 15) is 4.79 Å². The van der Waals surface area contributed by atoms with E-state index in [1.807, 2.05) is 13.0 Å². The van der Waals surface area contributed by atoms with Gasteiger partial charge in [0.05, 0.1) is 17.3 Å². The Kier molecular flexibility index (Phi) is 2.82. The van der Waals surface area contributed by atoms with E-state index >= 15 is 0 Å². The summed E-state index contributed by atoms with van der Waals surface area (Å²) >= 11 is 0. The van der Waals surface area contributed by atoms with E-state index < -0.39 is 0 Å². The molecule has 0 N–H and O–H groups in total. The van der Waals surface area contributed by atoms with Crippen LogP contribution in [0.5, 0.6) is 0 Å². The Hall–Kier alpha value is -1.77. The minimum absolute atomic E-state index is 0.0526. The molecule has 2 aromatic rings. The van der Waals surface area contributed by atoms with Gasteiger partial charge in [0, 0.05) is 19.2 Å². The van der Waals surface area contributed by atoms with Gasteiger partial charge < -0.3 is 9.32 Å². The van der Waals surface area contributed by atoms with E-state index in [0.717, 1.165) is 29.7 Å². The van der Waals surface area contributed by atoms with Crippen molar-refractivity contribution in [1.82, 2.24) is 0 Å². The molecule has 0 unspecified atom stereocenters. The average molecular weight is 243 g/mol. The maximum Gasteiger partial charge on any atom is 0.194 e. The molecular formula is C15H17NO2. The molecule has 0 amide bonds. The van der Waals surface area contributed by atoms with Crippen molar-refractivity contribution in [2.75, 3.05) is 18.0 Å². The molecule has 3 heteroatoms. The number of rotatable bonds is 1. The fourth-order valence-corrected chi connectivity index (χ4v) is 2.71. The van der Waals surface area contributed by atoms with Crippen molar-refractivity contribution in [3.8, 4) is 0 Å². The number of piperidine rings is 1. The number of hydrogen-bond donors (Lipinski definition) is 0. The summed E-state index contributed by atoms with van der Waals surface area (Å²) in [5.41, 5.74) is 2.93. The van der Waals surface area contributed by atoms with Crippen molar-refractivity contribution in [3.05, 3.63) is 40.2 Å². The molecule has 0 atom stereocenters. The van der Waals surface area contributed by atoms with Crippen molar-refractivity contribution in [3.63, 3.8) is 0 Å². The largest absolute Gasteiger partial charge is 0.464 e. The highest BCUT2D eigenvalue weighted by Gasteiger charge is 2.16. The van der Waals surface area contributed by atoms with Gasteiger partial charge in [-0.05, 0) is 43.9 Å². The molecule has 1 aromatic heterocycles. The molecule has 1 aliphatic heterocycles. The van der Waals surface area contributed by atoms with E-state index in [-0.39, 0.29) is 5.43 Å². The van der Waals surface area contributed by atoms with Crippen molar-refractivity contribution < 1.29 is 4.42 Å². The van der Waals surface area contributed by atoms with Gasteiger partial charge in [-0.2, -0.15) is 0 Å². The third-order valence-electron chi connectivity index (χ3n) is 3.58. The topological polar surface area (TPSA) is 33.5 Å². The quantitative estimate of drug-likeness (QED) is 0.771. The molecule has 0 saturated carbocycles. The summed E-state index contributed by atoms with van der Waals surface area (Å²) < 4.78 is 5.48. The van der Waals surface area contributed by atoms with Crippen LogP contribution in [0.1, 0.15) is 24.8 Å². The van der Waals surface area contributed by atoms with Crippen LogP contribution in [0.4, 0.5) is 5.69 Å². The molecule has 0 aliphatic carbocycles. The average Bonchev–Trinajstić information content (AvgIpc) is 2.39. The number of hydrogen-bond acceptors (Lipinski definition) is 3. The van der Waals surface area contributed by atoms with Gasteiger partial charge in [0.25, 0.3) is 0 Å². The van der Waals surface area contributed by atoms with E-state index in [2.05, 4.69) is 11.0 Å². The molecule has 1 fully saturated rings. The zero-order valence-corrected chi connectivity index (χ0v) is 10.6. The second-order valence-corrected chi connectivity index (χ2v) is 4.99. The molecule has 3 nitrogen and oxygen atoms in total. The minimum Gasteiger partial charge on any atom is -0.464 e. The zero-order chi connectivity index (χ0) is 12.5. The molecule has 1 aliphatic rings. The van der Waals surface area contributed by atoms with Gasteiger partial charge >= 0.3 is 0 Å². The monoisotopic (exact) mass is 243 g/mol. The summed E-state index contributed by atoms with van der Waals surface area (Å²) in [6.45, 7) is 4.11. The number of anilines is 1. The molecule has 2 heterocycles. The molecule has 0 spiro atoms. The molecular weight excluding hydrogens is 226 g/mol. The summed E-state index contributed by atoms with van der Waals surface area (Å²) in [5, 5.41) is 0.727. The first kappa shape index (κ1) is 11.3. The van der Waals surface area contributed by atoms with E-state index in [1.165, 1.54) is 31.6 Å². The van der Waals surface area contributed by atoms with Crippen LogP contribution >= 0.6 is 0 Å². The van der Waals surface area contributed by atoms with Gasteiger partial charge in [-0.3, -0.25) is 4.79 Å². The third kappa shape index (κ3) is 1.90. The van der Waals surface area contributed by atoms with Crippen LogP contribution in [0.25, 0.3) is 11.0 Å². The summed E-state index contributed by atoms with van der Waals surface area (Å²) in [6.07, 6.45) is 5.17. The van der Waals surface area contributed by atoms with Crippen LogP contribution in [0, 0.1) is 6.92 Å². The van der Waals surface area contributed by atoms with Gasteiger partial charge in [-0.1, -0.05) is 0 Å². The first-order valence-corrected chi connectivity index (χ1v) is 6.53. The zero-order valence-electron chi connectivity index (χ0n) is 10.6. The van der Waals surface area contributed by atoms with Crippen LogP contribution in [-0.4, -0.2) is 13.1 Å². The molecule has 0 radical (unpaired) electrons. The Morgan fingerprint density at radius 2 is 1.94 bits per heavy atom. The number of nitrogens with zero attached hydrogens (tertiary/aromatic N) is 1. The molecule has 0 bridgehead atoms. The first-order valence-electron chi connectivity index (χ1n) is 6.53. The Morgan fingerprint density at radius 1 is 1.17 bits per heavy atom. The first-order chi connectivity index (χ1) is 8.75. The normalized spacial score (nSPS) is 16.2. The predicted molar refractivity (Wildman–Crippen MR) is 73.3 cm³/mol.